The first-order valence-electron chi connectivity index (χ1n) is 7.14. The lowest BCUT2D eigenvalue weighted by molar-refractivity contribution is -0.133. The molecule has 1 saturated heterocycles. The van der Waals surface area contributed by atoms with Crippen molar-refractivity contribution in [1.29, 1.82) is 0 Å². The Hall–Kier alpha value is -2.08. The molecule has 0 aromatic heterocycles. The molecule has 0 bridgehead atoms. The predicted octanol–water partition coefficient (Wildman–Crippen LogP) is 2.39. The Balaban J connectivity index is 2.05. The van der Waals surface area contributed by atoms with Crippen LogP contribution in [0, 0.1) is 0 Å². The van der Waals surface area contributed by atoms with Crippen LogP contribution in [0.15, 0.2) is 24.3 Å². The van der Waals surface area contributed by atoms with Crippen LogP contribution in [-0.4, -0.2) is 34.8 Å². The van der Waals surface area contributed by atoms with Crippen molar-refractivity contribution in [1.82, 2.24) is 10.2 Å². The molecular formula is C15H18ClN3O3. The topological polar surface area (TPSA) is 78.5 Å². The fourth-order valence-corrected chi connectivity index (χ4v) is 2.42. The second-order valence-electron chi connectivity index (χ2n) is 5.17. The van der Waals surface area contributed by atoms with E-state index in [0.717, 1.165) is 11.3 Å². The first-order chi connectivity index (χ1) is 10.4. The Morgan fingerprint density at radius 2 is 2.00 bits per heavy atom. The van der Waals surface area contributed by atoms with Gasteiger partial charge in [-0.1, -0.05) is 24.9 Å². The van der Waals surface area contributed by atoms with E-state index in [1.807, 2.05) is 6.92 Å². The van der Waals surface area contributed by atoms with E-state index < -0.39 is 24.0 Å². The fourth-order valence-electron chi connectivity index (χ4n) is 2.30. The van der Waals surface area contributed by atoms with Crippen LogP contribution in [0.1, 0.15) is 26.7 Å². The highest BCUT2D eigenvalue weighted by atomic mass is 35.5. The van der Waals surface area contributed by atoms with Crippen molar-refractivity contribution in [2.24, 2.45) is 0 Å². The summed E-state index contributed by atoms with van der Waals surface area (Å²) in [5, 5.41) is 5.82. The molecule has 1 aromatic rings. The molecule has 7 heteroatoms. The van der Waals surface area contributed by atoms with Gasteiger partial charge in [0, 0.05) is 10.7 Å². The van der Waals surface area contributed by atoms with Crippen LogP contribution in [-0.2, 0) is 9.59 Å². The zero-order valence-corrected chi connectivity index (χ0v) is 13.2. The number of hydrogen-bond acceptors (Lipinski definition) is 3. The van der Waals surface area contributed by atoms with E-state index in [1.54, 1.807) is 24.3 Å². The van der Waals surface area contributed by atoms with Gasteiger partial charge in [-0.05, 0) is 37.6 Å². The van der Waals surface area contributed by atoms with Crippen molar-refractivity contribution in [3.8, 4) is 0 Å². The molecule has 1 fully saturated rings. The standard InChI is InChI=1S/C15H18ClN3O3/c1-3-4-12-14(21)19(15(22)18-12)9(2)13(20)17-11-7-5-10(16)6-8-11/h5-9,12H,3-4H2,1-2H3,(H,17,20)(H,18,22)/t9-,12-/m0/s1. The highest BCUT2D eigenvalue weighted by Crippen LogP contribution is 2.17. The number of rotatable bonds is 5. The van der Waals surface area contributed by atoms with E-state index >= 15 is 0 Å². The fraction of sp³-hybridized carbons (Fsp3) is 0.400. The van der Waals surface area contributed by atoms with Crippen LogP contribution >= 0.6 is 11.6 Å². The van der Waals surface area contributed by atoms with Crippen molar-refractivity contribution >= 4 is 35.1 Å². The van der Waals surface area contributed by atoms with Gasteiger partial charge in [0.05, 0.1) is 0 Å². The molecule has 4 amide bonds. The summed E-state index contributed by atoms with van der Waals surface area (Å²) in [6.07, 6.45) is 1.34. The maximum Gasteiger partial charge on any atom is 0.325 e. The third kappa shape index (κ3) is 3.39. The molecule has 22 heavy (non-hydrogen) atoms. The molecule has 2 rings (SSSR count). The number of anilines is 1. The largest absolute Gasteiger partial charge is 0.326 e. The lowest BCUT2D eigenvalue weighted by atomic mass is 10.1. The van der Waals surface area contributed by atoms with Crippen LogP contribution < -0.4 is 10.6 Å². The second-order valence-corrected chi connectivity index (χ2v) is 5.61. The van der Waals surface area contributed by atoms with Crippen molar-refractivity contribution in [3.05, 3.63) is 29.3 Å². The smallest absolute Gasteiger partial charge is 0.325 e. The van der Waals surface area contributed by atoms with Gasteiger partial charge in [-0.15, -0.1) is 0 Å². The molecule has 1 aliphatic heterocycles. The third-order valence-electron chi connectivity index (χ3n) is 3.51. The van der Waals surface area contributed by atoms with Gasteiger partial charge in [0.15, 0.2) is 0 Å². The second kappa shape index (κ2) is 6.79. The van der Waals surface area contributed by atoms with Gasteiger partial charge in [0.2, 0.25) is 5.91 Å². The summed E-state index contributed by atoms with van der Waals surface area (Å²) >= 11 is 5.78. The van der Waals surface area contributed by atoms with Crippen LogP contribution in [0.5, 0.6) is 0 Å². The number of imide groups is 1. The highest BCUT2D eigenvalue weighted by molar-refractivity contribution is 6.30. The molecule has 118 valence electrons. The SMILES string of the molecule is CCC[C@@H]1NC(=O)N([C@@H](C)C(=O)Nc2ccc(Cl)cc2)C1=O. The number of benzene rings is 1. The van der Waals surface area contributed by atoms with Crippen molar-refractivity contribution < 1.29 is 14.4 Å². The monoisotopic (exact) mass is 323 g/mol. The number of urea groups is 1. The zero-order chi connectivity index (χ0) is 16.3. The molecule has 0 unspecified atom stereocenters. The van der Waals surface area contributed by atoms with Gasteiger partial charge in [-0.3, -0.25) is 14.5 Å². The minimum Gasteiger partial charge on any atom is -0.326 e. The molecule has 2 N–H and O–H groups in total. The lowest BCUT2D eigenvalue weighted by Crippen LogP contribution is -2.46. The number of hydrogen-bond donors (Lipinski definition) is 2. The van der Waals surface area contributed by atoms with Crippen LogP contribution in [0.3, 0.4) is 0 Å². The molecular weight excluding hydrogens is 306 g/mol. The van der Waals surface area contributed by atoms with E-state index in [-0.39, 0.29) is 5.91 Å². The Kier molecular flexibility index (Phi) is 5.03. The summed E-state index contributed by atoms with van der Waals surface area (Å²) in [4.78, 5) is 37.3. The number of nitrogens with zero attached hydrogens (tertiary/aromatic N) is 1. The molecule has 2 atom stereocenters. The van der Waals surface area contributed by atoms with E-state index in [9.17, 15) is 14.4 Å². The average molecular weight is 324 g/mol. The molecule has 1 aromatic carbocycles. The van der Waals surface area contributed by atoms with Crippen LogP contribution in [0.2, 0.25) is 5.02 Å². The summed E-state index contributed by atoms with van der Waals surface area (Å²) in [6, 6.07) is 4.65. The van der Waals surface area contributed by atoms with Gasteiger partial charge in [0.25, 0.3) is 5.91 Å². The van der Waals surface area contributed by atoms with E-state index in [0.29, 0.717) is 17.1 Å². The average Bonchev–Trinajstić information content (AvgIpc) is 2.75. The van der Waals surface area contributed by atoms with Gasteiger partial charge in [-0.25, -0.2) is 4.79 Å². The number of amides is 4. The maximum absolute atomic E-state index is 12.2. The molecule has 0 aliphatic carbocycles. The highest BCUT2D eigenvalue weighted by Gasteiger charge is 2.42. The molecule has 6 nitrogen and oxygen atoms in total. The molecule has 0 saturated carbocycles. The Labute approximate surface area is 133 Å². The first-order valence-corrected chi connectivity index (χ1v) is 7.51. The summed E-state index contributed by atoms with van der Waals surface area (Å²) in [6.45, 7) is 3.45. The molecule has 0 radical (unpaired) electrons. The molecule has 1 aliphatic rings. The quantitative estimate of drug-likeness (QED) is 0.817. The summed E-state index contributed by atoms with van der Waals surface area (Å²) in [5.74, 6) is -0.784. The zero-order valence-electron chi connectivity index (χ0n) is 12.4. The summed E-state index contributed by atoms with van der Waals surface area (Å²) in [5.41, 5.74) is 0.554. The first kappa shape index (κ1) is 16.3. The van der Waals surface area contributed by atoms with Gasteiger partial charge < -0.3 is 10.6 Å². The number of carbonyl (C=O) groups excluding carboxylic acids is 3. The van der Waals surface area contributed by atoms with Crippen LogP contribution in [0.25, 0.3) is 0 Å². The minimum atomic E-state index is -0.884. The van der Waals surface area contributed by atoms with E-state index in [4.69, 9.17) is 11.6 Å². The van der Waals surface area contributed by atoms with Gasteiger partial charge >= 0.3 is 6.03 Å². The maximum atomic E-state index is 12.2. The molecule has 1 heterocycles. The number of halogens is 1. The third-order valence-corrected chi connectivity index (χ3v) is 3.76. The summed E-state index contributed by atoms with van der Waals surface area (Å²) < 4.78 is 0. The van der Waals surface area contributed by atoms with Crippen molar-refractivity contribution in [2.75, 3.05) is 5.32 Å². The Morgan fingerprint density at radius 1 is 1.36 bits per heavy atom. The minimum absolute atomic E-state index is 0.356. The van der Waals surface area contributed by atoms with Crippen LogP contribution in [0.4, 0.5) is 10.5 Å². The predicted molar refractivity (Wildman–Crippen MR) is 83.6 cm³/mol. The lowest BCUT2D eigenvalue weighted by Gasteiger charge is -2.20. The van der Waals surface area contributed by atoms with Gasteiger partial charge in [0.1, 0.15) is 12.1 Å². The van der Waals surface area contributed by atoms with Crippen molar-refractivity contribution in [3.63, 3.8) is 0 Å². The molecule has 0 spiro atoms. The Morgan fingerprint density at radius 3 is 2.59 bits per heavy atom. The van der Waals surface area contributed by atoms with E-state index in [1.165, 1.54) is 6.92 Å². The van der Waals surface area contributed by atoms with E-state index in [2.05, 4.69) is 10.6 Å². The number of nitrogens with one attached hydrogen (secondary N) is 2. The Bertz CT molecular complexity index is 588. The number of carbonyl (C=O) groups is 3. The normalized spacial score (nSPS) is 19.0. The summed E-state index contributed by atoms with van der Waals surface area (Å²) in [7, 11) is 0. The van der Waals surface area contributed by atoms with Gasteiger partial charge in [-0.2, -0.15) is 0 Å². The van der Waals surface area contributed by atoms with Crippen molar-refractivity contribution in [2.45, 2.75) is 38.8 Å².